The average Bonchev–Trinajstić information content (AvgIpc) is 2.38. The maximum atomic E-state index is 12.0. The molecule has 18 heavy (non-hydrogen) atoms. The fourth-order valence-electron chi connectivity index (χ4n) is 2.17. The van der Waals surface area contributed by atoms with E-state index in [1.807, 2.05) is 13.0 Å². The zero-order chi connectivity index (χ0) is 13.4. The quantitative estimate of drug-likeness (QED) is 0.791. The van der Waals surface area contributed by atoms with Crippen molar-refractivity contribution in [3.63, 3.8) is 0 Å². The Hall–Kier alpha value is -1.03. The van der Waals surface area contributed by atoms with E-state index in [0.717, 1.165) is 21.5 Å². The van der Waals surface area contributed by atoms with Crippen molar-refractivity contribution in [2.75, 3.05) is 11.9 Å². The Kier molecular flexibility index (Phi) is 3.66. The highest BCUT2D eigenvalue weighted by atomic mass is 79.9. The molecule has 2 rings (SSSR count). The molecule has 1 aromatic carbocycles. The van der Waals surface area contributed by atoms with Crippen molar-refractivity contribution in [1.29, 1.82) is 0 Å². The molecule has 0 N–H and O–H groups in total. The van der Waals surface area contributed by atoms with E-state index in [1.54, 1.807) is 11.9 Å². The molecule has 1 heterocycles. The first-order chi connectivity index (χ1) is 8.40. The highest BCUT2D eigenvalue weighted by Gasteiger charge is 2.27. The molecule has 0 aromatic heterocycles. The first-order valence-corrected chi connectivity index (χ1v) is 6.96. The van der Waals surface area contributed by atoms with Gasteiger partial charge in [-0.05, 0) is 30.5 Å². The molecule has 98 valence electrons. The van der Waals surface area contributed by atoms with E-state index in [9.17, 15) is 4.79 Å². The fraction of sp³-hybridized carbons (Fsp3) is 0.500. The summed E-state index contributed by atoms with van der Waals surface area (Å²) in [5.74, 6) is 1.29. The zero-order valence-electron chi connectivity index (χ0n) is 11.2. The standard InChI is InChI=1S/C14H18BrNO2/c1-8(2)11-6-10(15)7-12-14(11)18-9(3)5-13(17)16(12)4/h6-9H,5H2,1-4H3. The minimum atomic E-state index is -0.0834. The van der Waals surface area contributed by atoms with Gasteiger partial charge < -0.3 is 9.64 Å². The van der Waals surface area contributed by atoms with Crippen LogP contribution >= 0.6 is 15.9 Å². The maximum absolute atomic E-state index is 12.0. The summed E-state index contributed by atoms with van der Waals surface area (Å²) in [4.78, 5) is 13.7. The second-order valence-electron chi connectivity index (χ2n) is 5.08. The van der Waals surface area contributed by atoms with Crippen molar-refractivity contribution in [3.8, 4) is 5.75 Å². The summed E-state index contributed by atoms with van der Waals surface area (Å²) in [5, 5.41) is 0. The van der Waals surface area contributed by atoms with Crippen LogP contribution in [0.3, 0.4) is 0 Å². The Morgan fingerprint density at radius 3 is 2.72 bits per heavy atom. The first-order valence-electron chi connectivity index (χ1n) is 6.16. The van der Waals surface area contributed by atoms with Crippen LogP contribution < -0.4 is 9.64 Å². The van der Waals surface area contributed by atoms with E-state index < -0.39 is 0 Å². The van der Waals surface area contributed by atoms with Gasteiger partial charge >= 0.3 is 0 Å². The van der Waals surface area contributed by atoms with Crippen LogP contribution in [0.2, 0.25) is 0 Å². The molecule has 0 aliphatic carbocycles. The predicted octanol–water partition coefficient (Wildman–Crippen LogP) is 3.71. The molecule has 1 aliphatic heterocycles. The number of halogens is 1. The van der Waals surface area contributed by atoms with Crippen LogP contribution in [0.15, 0.2) is 16.6 Å². The Morgan fingerprint density at radius 2 is 2.11 bits per heavy atom. The third-order valence-corrected chi connectivity index (χ3v) is 3.66. The van der Waals surface area contributed by atoms with Crippen molar-refractivity contribution in [2.24, 2.45) is 0 Å². The van der Waals surface area contributed by atoms with Gasteiger partial charge in [0.05, 0.1) is 12.1 Å². The molecule has 0 saturated carbocycles. The number of carbonyl (C=O) groups is 1. The zero-order valence-corrected chi connectivity index (χ0v) is 12.7. The minimum absolute atomic E-state index is 0.0834. The van der Waals surface area contributed by atoms with Gasteiger partial charge in [0.2, 0.25) is 5.91 Å². The lowest BCUT2D eigenvalue weighted by molar-refractivity contribution is -0.119. The van der Waals surface area contributed by atoms with Gasteiger partial charge in [0.25, 0.3) is 0 Å². The van der Waals surface area contributed by atoms with E-state index in [2.05, 4.69) is 35.8 Å². The van der Waals surface area contributed by atoms with Crippen molar-refractivity contribution in [2.45, 2.75) is 39.2 Å². The number of carbonyl (C=O) groups excluding carboxylic acids is 1. The summed E-state index contributed by atoms with van der Waals surface area (Å²) in [6.07, 6.45) is 0.334. The lowest BCUT2D eigenvalue weighted by Gasteiger charge is -2.21. The number of hydrogen-bond donors (Lipinski definition) is 0. The summed E-state index contributed by atoms with van der Waals surface area (Å²) in [6.45, 7) is 6.19. The Morgan fingerprint density at radius 1 is 1.44 bits per heavy atom. The molecule has 3 nitrogen and oxygen atoms in total. The van der Waals surface area contributed by atoms with Gasteiger partial charge in [-0.3, -0.25) is 4.79 Å². The molecule has 0 radical (unpaired) electrons. The van der Waals surface area contributed by atoms with Gasteiger partial charge in [0.1, 0.15) is 11.9 Å². The van der Waals surface area contributed by atoms with Crippen LogP contribution in [0.4, 0.5) is 5.69 Å². The number of benzene rings is 1. The highest BCUT2D eigenvalue weighted by molar-refractivity contribution is 9.10. The number of fused-ring (bicyclic) bond motifs is 1. The molecule has 1 aromatic rings. The first kappa shape index (κ1) is 13.4. The van der Waals surface area contributed by atoms with Crippen LogP contribution in [0.25, 0.3) is 0 Å². The normalized spacial score (nSPS) is 19.6. The fourth-order valence-corrected chi connectivity index (χ4v) is 2.63. The van der Waals surface area contributed by atoms with E-state index in [1.165, 1.54) is 0 Å². The molecule has 0 spiro atoms. The topological polar surface area (TPSA) is 29.5 Å². The van der Waals surface area contributed by atoms with Crippen molar-refractivity contribution in [1.82, 2.24) is 0 Å². The number of nitrogens with zero attached hydrogens (tertiary/aromatic N) is 1. The molecular formula is C14H18BrNO2. The summed E-state index contributed by atoms with van der Waals surface area (Å²) in [7, 11) is 1.80. The van der Waals surface area contributed by atoms with Gasteiger partial charge in [-0.15, -0.1) is 0 Å². The van der Waals surface area contributed by atoms with Gasteiger partial charge in [-0.25, -0.2) is 0 Å². The van der Waals surface area contributed by atoms with Crippen LogP contribution in [-0.4, -0.2) is 19.1 Å². The molecule has 1 amide bonds. The average molecular weight is 312 g/mol. The van der Waals surface area contributed by atoms with Crippen LogP contribution in [0, 0.1) is 0 Å². The Labute approximate surface area is 116 Å². The van der Waals surface area contributed by atoms with Crippen LogP contribution in [0.5, 0.6) is 5.75 Å². The molecule has 0 fully saturated rings. The van der Waals surface area contributed by atoms with Gasteiger partial charge in [0.15, 0.2) is 0 Å². The summed E-state index contributed by atoms with van der Waals surface area (Å²) in [6, 6.07) is 4.01. The molecular weight excluding hydrogens is 294 g/mol. The third-order valence-electron chi connectivity index (χ3n) is 3.20. The lowest BCUT2D eigenvalue weighted by atomic mass is 10.0. The monoisotopic (exact) mass is 311 g/mol. The van der Waals surface area contributed by atoms with E-state index in [-0.39, 0.29) is 12.0 Å². The number of ether oxygens (including phenoxy) is 1. The molecule has 1 atom stereocenters. The van der Waals surface area contributed by atoms with E-state index in [0.29, 0.717) is 12.3 Å². The Bertz CT molecular complexity index is 485. The number of amides is 1. The number of rotatable bonds is 1. The van der Waals surface area contributed by atoms with Crippen molar-refractivity contribution < 1.29 is 9.53 Å². The van der Waals surface area contributed by atoms with Gasteiger partial charge in [-0.2, -0.15) is 0 Å². The highest BCUT2D eigenvalue weighted by Crippen LogP contribution is 2.41. The molecule has 0 bridgehead atoms. The lowest BCUT2D eigenvalue weighted by Crippen LogP contribution is -2.27. The summed E-state index contributed by atoms with van der Waals surface area (Å²) in [5.41, 5.74) is 1.98. The second-order valence-corrected chi connectivity index (χ2v) is 6.00. The third kappa shape index (κ3) is 2.39. The van der Waals surface area contributed by atoms with Gasteiger partial charge in [-0.1, -0.05) is 29.8 Å². The smallest absolute Gasteiger partial charge is 0.230 e. The molecule has 4 heteroatoms. The number of hydrogen-bond acceptors (Lipinski definition) is 2. The Balaban J connectivity index is 2.63. The van der Waals surface area contributed by atoms with Crippen LogP contribution in [0.1, 0.15) is 38.7 Å². The largest absolute Gasteiger partial charge is 0.488 e. The van der Waals surface area contributed by atoms with Crippen molar-refractivity contribution in [3.05, 3.63) is 22.2 Å². The van der Waals surface area contributed by atoms with E-state index in [4.69, 9.17) is 4.74 Å². The van der Waals surface area contributed by atoms with Gasteiger partial charge in [0, 0.05) is 11.5 Å². The second kappa shape index (κ2) is 4.92. The molecule has 0 saturated heterocycles. The van der Waals surface area contributed by atoms with Crippen molar-refractivity contribution >= 4 is 27.5 Å². The minimum Gasteiger partial charge on any atom is -0.488 e. The molecule has 1 aliphatic rings. The SMILES string of the molecule is CC1CC(=O)N(C)c2cc(Br)cc(C(C)C)c2O1. The molecule has 1 unspecified atom stereocenters. The van der Waals surface area contributed by atoms with E-state index >= 15 is 0 Å². The number of anilines is 1. The predicted molar refractivity (Wildman–Crippen MR) is 76.3 cm³/mol. The maximum Gasteiger partial charge on any atom is 0.230 e. The summed E-state index contributed by atoms with van der Waals surface area (Å²) >= 11 is 3.50. The summed E-state index contributed by atoms with van der Waals surface area (Å²) < 4.78 is 6.94. The van der Waals surface area contributed by atoms with Crippen LogP contribution in [-0.2, 0) is 4.79 Å².